The van der Waals surface area contributed by atoms with Crippen LogP contribution in [0.15, 0.2) is 42.6 Å². The van der Waals surface area contributed by atoms with E-state index in [2.05, 4.69) is 34.6 Å². The lowest BCUT2D eigenvalue weighted by Crippen LogP contribution is -2.21. The highest BCUT2D eigenvalue weighted by Gasteiger charge is 2.28. The third kappa shape index (κ3) is 4.41. The van der Waals surface area contributed by atoms with E-state index in [1.165, 1.54) is 30.5 Å². The highest BCUT2D eigenvalue weighted by Crippen LogP contribution is 2.38. The van der Waals surface area contributed by atoms with Crippen LogP contribution in [0, 0.1) is 6.57 Å². The van der Waals surface area contributed by atoms with Gasteiger partial charge in [-0.3, -0.25) is 9.89 Å². The number of halogens is 3. The molecule has 1 aliphatic heterocycles. The van der Waals surface area contributed by atoms with Crippen molar-refractivity contribution in [2.24, 2.45) is 0 Å². The smallest absolute Gasteiger partial charge is 0.420 e. The molecule has 0 bridgehead atoms. The maximum atomic E-state index is 13.1. The molecule has 0 spiro atoms. The lowest BCUT2D eigenvalue weighted by molar-refractivity contribution is -0.0964. The first kappa shape index (κ1) is 22.8. The number of fused-ring (bicyclic) bond motifs is 3. The summed E-state index contributed by atoms with van der Waals surface area (Å²) in [6, 6.07) is 8.68. The number of aromatic nitrogens is 4. The number of hydrogen-bond donors (Lipinski definition) is 2. The van der Waals surface area contributed by atoms with E-state index >= 15 is 0 Å². The summed E-state index contributed by atoms with van der Waals surface area (Å²) in [6.07, 6.45) is 1.43. The molecule has 0 saturated heterocycles. The van der Waals surface area contributed by atoms with E-state index in [9.17, 15) is 13.6 Å². The fourth-order valence-electron chi connectivity index (χ4n) is 4.08. The van der Waals surface area contributed by atoms with Gasteiger partial charge in [0.2, 0.25) is 5.69 Å². The molecule has 35 heavy (non-hydrogen) atoms. The molecule has 178 valence electrons. The van der Waals surface area contributed by atoms with Crippen molar-refractivity contribution >= 4 is 39.9 Å². The molecule has 1 aliphatic rings. The molecule has 0 fully saturated rings. The van der Waals surface area contributed by atoms with Gasteiger partial charge in [-0.1, -0.05) is 0 Å². The maximum Gasteiger partial charge on any atom is 0.487 e. The number of hydrogen-bond acceptors (Lipinski definition) is 5. The molecular formula is C23H17ClF2N6O3. The molecule has 2 aromatic heterocycles. The molecular weight excluding hydrogens is 482 g/mol. The molecule has 1 atom stereocenters. The van der Waals surface area contributed by atoms with Crippen molar-refractivity contribution in [3.63, 3.8) is 0 Å². The first-order chi connectivity index (χ1) is 16.7. The van der Waals surface area contributed by atoms with Gasteiger partial charge in [0.05, 0.1) is 42.1 Å². The SMILES string of the molecule is [C-]#[N+]c1cn[nH]c1-c1cc(C(=O)Nc2ccc(OC(F)(F)Cl)cc2)cc2nc3n(c12)[C@H](C)COC3. The molecule has 0 aliphatic carbocycles. The number of amides is 1. The lowest BCUT2D eigenvalue weighted by atomic mass is 10.0. The van der Waals surface area contributed by atoms with Gasteiger partial charge in [-0.2, -0.15) is 5.10 Å². The minimum absolute atomic E-state index is 0.00240. The molecule has 5 rings (SSSR count). The van der Waals surface area contributed by atoms with Crippen molar-refractivity contribution in [1.29, 1.82) is 0 Å². The fraction of sp³-hybridized carbons (Fsp3) is 0.217. The van der Waals surface area contributed by atoms with E-state index in [4.69, 9.17) is 22.9 Å². The van der Waals surface area contributed by atoms with E-state index in [0.29, 0.717) is 47.2 Å². The fourth-order valence-corrected chi connectivity index (χ4v) is 4.17. The number of ether oxygens (including phenoxy) is 2. The Hall–Kier alpha value is -4.01. The zero-order chi connectivity index (χ0) is 24.7. The molecule has 2 aromatic carbocycles. The minimum atomic E-state index is -3.83. The number of nitrogens with zero attached hydrogens (tertiary/aromatic N) is 4. The number of imidazole rings is 1. The van der Waals surface area contributed by atoms with Crippen LogP contribution in [-0.2, 0) is 11.3 Å². The Balaban J connectivity index is 1.55. The number of carbonyl (C=O) groups is 1. The van der Waals surface area contributed by atoms with E-state index in [1.807, 2.05) is 6.92 Å². The van der Waals surface area contributed by atoms with Crippen molar-refractivity contribution in [1.82, 2.24) is 19.7 Å². The summed E-state index contributed by atoms with van der Waals surface area (Å²) in [5.41, 5.74) is -0.457. The van der Waals surface area contributed by atoms with Gasteiger partial charge in [0.25, 0.3) is 5.91 Å². The molecule has 3 heterocycles. The summed E-state index contributed by atoms with van der Waals surface area (Å²) in [7, 11) is 0. The van der Waals surface area contributed by atoms with Gasteiger partial charge in [0, 0.05) is 28.4 Å². The number of carbonyl (C=O) groups excluding carboxylic acids is 1. The predicted molar refractivity (Wildman–Crippen MR) is 124 cm³/mol. The zero-order valence-electron chi connectivity index (χ0n) is 18.2. The molecule has 12 heteroatoms. The van der Waals surface area contributed by atoms with Gasteiger partial charge in [0.15, 0.2) is 0 Å². The zero-order valence-corrected chi connectivity index (χ0v) is 18.9. The Morgan fingerprint density at radius 3 is 2.86 bits per heavy atom. The second-order valence-electron chi connectivity index (χ2n) is 7.92. The second-order valence-corrected chi connectivity index (χ2v) is 8.36. The Kier molecular flexibility index (Phi) is 5.62. The average molecular weight is 499 g/mol. The molecule has 4 aromatic rings. The number of benzene rings is 2. The highest BCUT2D eigenvalue weighted by atomic mass is 35.5. The number of anilines is 1. The van der Waals surface area contributed by atoms with Crippen LogP contribution in [0.4, 0.5) is 20.2 Å². The molecule has 9 nitrogen and oxygen atoms in total. The predicted octanol–water partition coefficient (Wildman–Crippen LogP) is 5.49. The van der Waals surface area contributed by atoms with Gasteiger partial charge in [-0.05, 0) is 43.3 Å². The number of H-pyrrole nitrogens is 1. The first-order valence-electron chi connectivity index (χ1n) is 10.4. The summed E-state index contributed by atoms with van der Waals surface area (Å²) < 4.78 is 37.6. The van der Waals surface area contributed by atoms with E-state index in [0.717, 1.165) is 5.52 Å². The number of nitrogens with one attached hydrogen (secondary N) is 2. The first-order valence-corrected chi connectivity index (χ1v) is 10.8. The average Bonchev–Trinajstić information content (AvgIpc) is 3.43. The second kappa shape index (κ2) is 8.65. The van der Waals surface area contributed by atoms with E-state index in [1.54, 1.807) is 12.1 Å². The van der Waals surface area contributed by atoms with Crippen LogP contribution in [0.1, 0.15) is 29.1 Å². The van der Waals surface area contributed by atoms with Crippen LogP contribution in [0.2, 0.25) is 0 Å². The molecule has 0 unspecified atom stereocenters. The Bertz CT molecular complexity index is 1470. The largest absolute Gasteiger partial charge is 0.487 e. The highest BCUT2D eigenvalue weighted by molar-refractivity contribution is 6.20. The Labute approximate surface area is 202 Å². The molecule has 2 N–H and O–H groups in total. The lowest BCUT2D eigenvalue weighted by Gasteiger charge is -2.23. The van der Waals surface area contributed by atoms with Gasteiger partial charge in [-0.25, -0.2) is 9.83 Å². The number of alkyl halides is 3. The van der Waals surface area contributed by atoms with Crippen LogP contribution >= 0.6 is 11.6 Å². The van der Waals surface area contributed by atoms with Gasteiger partial charge < -0.3 is 19.4 Å². The standard InChI is InChI=1S/C23H17ClF2N6O3/c1-12-10-34-11-19-30-17-8-13(7-16(21(17)32(12)19)20-18(27-2)9-28-31-20)22(33)29-14-3-5-15(6-4-14)35-23(24,25)26/h3-9,12H,10-11H2,1H3,(H,28,31)(H,29,33)/t12-/m1/s1. The summed E-state index contributed by atoms with van der Waals surface area (Å²) in [6.45, 7) is 10.3. The Morgan fingerprint density at radius 2 is 2.14 bits per heavy atom. The van der Waals surface area contributed by atoms with E-state index in [-0.39, 0.29) is 17.4 Å². The van der Waals surface area contributed by atoms with Crippen molar-refractivity contribution in [3.8, 4) is 17.0 Å². The van der Waals surface area contributed by atoms with Crippen LogP contribution in [0.5, 0.6) is 5.75 Å². The van der Waals surface area contributed by atoms with E-state index < -0.39 is 11.5 Å². The number of aromatic amines is 1. The van der Waals surface area contributed by atoms with Crippen LogP contribution in [0.3, 0.4) is 0 Å². The quantitative estimate of drug-likeness (QED) is 0.280. The third-order valence-corrected chi connectivity index (χ3v) is 5.58. The van der Waals surface area contributed by atoms with Gasteiger partial charge in [-0.15, -0.1) is 8.78 Å². The topological polar surface area (TPSA) is 98.4 Å². The molecule has 0 saturated carbocycles. The minimum Gasteiger partial charge on any atom is -0.420 e. The van der Waals surface area contributed by atoms with Crippen molar-refractivity contribution in [2.45, 2.75) is 25.1 Å². The normalized spacial score (nSPS) is 15.5. The third-order valence-electron chi connectivity index (χ3n) is 5.51. The Morgan fingerprint density at radius 1 is 1.37 bits per heavy atom. The van der Waals surface area contributed by atoms with Crippen molar-refractivity contribution in [2.75, 3.05) is 11.9 Å². The van der Waals surface area contributed by atoms with Crippen molar-refractivity contribution in [3.05, 3.63) is 65.4 Å². The van der Waals surface area contributed by atoms with Crippen LogP contribution in [-0.4, -0.2) is 37.8 Å². The van der Waals surface area contributed by atoms with Gasteiger partial charge in [0.1, 0.15) is 18.2 Å². The van der Waals surface area contributed by atoms with Crippen molar-refractivity contribution < 1.29 is 23.0 Å². The maximum absolute atomic E-state index is 13.1. The summed E-state index contributed by atoms with van der Waals surface area (Å²) in [5, 5.41) is 9.59. The molecule has 0 radical (unpaired) electrons. The van der Waals surface area contributed by atoms with Gasteiger partial charge >= 0.3 is 5.57 Å². The summed E-state index contributed by atoms with van der Waals surface area (Å²) in [5.74, 6) is 0.106. The van der Waals surface area contributed by atoms with Crippen LogP contribution < -0.4 is 10.1 Å². The number of rotatable bonds is 5. The van der Waals surface area contributed by atoms with Crippen LogP contribution in [0.25, 0.3) is 27.1 Å². The summed E-state index contributed by atoms with van der Waals surface area (Å²) >= 11 is 4.78. The molecule has 1 amide bonds. The summed E-state index contributed by atoms with van der Waals surface area (Å²) in [4.78, 5) is 21.3. The monoisotopic (exact) mass is 498 g/mol.